The second-order valence-corrected chi connectivity index (χ2v) is 4.86. The van der Waals surface area contributed by atoms with Crippen LogP contribution in [-0.2, 0) is 0 Å². The smallest absolute Gasteiger partial charge is 0.121 e. The van der Waals surface area contributed by atoms with E-state index >= 15 is 0 Å². The SMILES string of the molecule is COc1ccc(Cl)c(N[C@@H]2CCCC[C@H]2O)c1. The zero-order valence-corrected chi connectivity index (χ0v) is 10.7. The lowest BCUT2D eigenvalue weighted by Crippen LogP contribution is -2.36. The Morgan fingerprint density at radius 1 is 1.35 bits per heavy atom. The van der Waals surface area contributed by atoms with Crippen molar-refractivity contribution < 1.29 is 9.84 Å². The molecule has 1 fully saturated rings. The number of halogens is 1. The van der Waals surface area contributed by atoms with Gasteiger partial charge in [0.2, 0.25) is 0 Å². The van der Waals surface area contributed by atoms with Crippen LogP contribution in [0.25, 0.3) is 0 Å². The van der Waals surface area contributed by atoms with Gasteiger partial charge in [-0.3, -0.25) is 0 Å². The van der Waals surface area contributed by atoms with E-state index in [2.05, 4.69) is 5.32 Å². The molecule has 2 rings (SSSR count). The Morgan fingerprint density at radius 3 is 2.82 bits per heavy atom. The molecule has 1 aromatic rings. The number of nitrogens with one attached hydrogen (secondary N) is 1. The van der Waals surface area contributed by atoms with Gasteiger partial charge in [0.15, 0.2) is 0 Å². The van der Waals surface area contributed by atoms with Gasteiger partial charge in [-0.25, -0.2) is 0 Å². The van der Waals surface area contributed by atoms with E-state index in [9.17, 15) is 5.11 Å². The van der Waals surface area contributed by atoms with Gasteiger partial charge in [-0.15, -0.1) is 0 Å². The van der Waals surface area contributed by atoms with Crippen LogP contribution in [0.5, 0.6) is 5.75 Å². The average Bonchev–Trinajstić information content (AvgIpc) is 2.35. The highest BCUT2D eigenvalue weighted by atomic mass is 35.5. The van der Waals surface area contributed by atoms with Crippen LogP contribution in [0.3, 0.4) is 0 Å². The zero-order chi connectivity index (χ0) is 12.3. The Morgan fingerprint density at radius 2 is 2.12 bits per heavy atom. The summed E-state index contributed by atoms with van der Waals surface area (Å²) in [5.74, 6) is 0.766. The molecule has 0 bridgehead atoms. The molecule has 0 unspecified atom stereocenters. The van der Waals surface area contributed by atoms with Crippen LogP contribution in [0.4, 0.5) is 5.69 Å². The summed E-state index contributed by atoms with van der Waals surface area (Å²) in [5, 5.41) is 13.9. The molecule has 0 saturated heterocycles. The van der Waals surface area contributed by atoms with Gasteiger partial charge in [0, 0.05) is 6.07 Å². The molecule has 94 valence electrons. The molecule has 0 radical (unpaired) electrons. The lowest BCUT2D eigenvalue weighted by Gasteiger charge is -2.29. The number of aliphatic hydroxyl groups excluding tert-OH is 1. The predicted octanol–water partition coefficient (Wildman–Crippen LogP) is 3.06. The molecule has 3 nitrogen and oxygen atoms in total. The summed E-state index contributed by atoms with van der Waals surface area (Å²) in [6.45, 7) is 0. The van der Waals surface area contributed by atoms with E-state index in [-0.39, 0.29) is 12.1 Å². The summed E-state index contributed by atoms with van der Waals surface area (Å²) in [4.78, 5) is 0. The summed E-state index contributed by atoms with van der Waals surface area (Å²) >= 11 is 6.12. The number of anilines is 1. The maximum absolute atomic E-state index is 9.91. The van der Waals surface area contributed by atoms with E-state index in [0.717, 1.165) is 37.1 Å². The lowest BCUT2D eigenvalue weighted by atomic mass is 9.92. The van der Waals surface area contributed by atoms with E-state index in [1.807, 2.05) is 12.1 Å². The third-order valence-electron chi connectivity index (χ3n) is 3.24. The van der Waals surface area contributed by atoms with Crippen molar-refractivity contribution in [1.82, 2.24) is 0 Å². The van der Waals surface area contributed by atoms with Gasteiger partial charge in [-0.05, 0) is 25.0 Å². The summed E-state index contributed by atoms with van der Waals surface area (Å²) in [6, 6.07) is 5.58. The minimum absolute atomic E-state index is 0.0911. The van der Waals surface area contributed by atoms with Crippen molar-refractivity contribution in [3.63, 3.8) is 0 Å². The zero-order valence-electron chi connectivity index (χ0n) is 9.95. The maximum atomic E-state index is 9.91. The molecule has 1 saturated carbocycles. The van der Waals surface area contributed by atoms with Gasteiger partial charge in [0.1, 0.15) is 5.75 Å². The number of hydrogen-bond acceptors (Lipinski definition) is 3. The van der Waals surface area contributed by atoms with Crippen LogP contribution in [0, 0.1) is 0 Å². The Hall–Kier alpha value is -0.930. The first-order valence-corrected chi connectivity index (χ1v) is 6.36. The van der Waals surface area contributed by atoms with Crippen LogP contribution in [0.1, 0.15) is 25.7 Å². The number of hydrogen-bond donors (Lipinski definition) is 2. The van der Waals surface area contributed by atoms with Crippen molar-refractivity contribution in [1.29, 1.82) is 0 Å². The monoisotopic (exact) mass is 255 g/mol. The van der Waals surface area contributed by atoms with Crippen molar-refractivity contribution in [2.45, 2.75) is 37.8 Å². The van der Waals surface area contributed by atoms with Gasteiger partial charge < -0.3 is 15.2 Å². The van der Waals surface area contributed by atoms with Crippen LogP contribution in [0.2, 0.25) is 5.02 Å². The largest absolute Gasteiger partial charge is 0.497 e. The molecule has 0 aliphatic heterocycles. The quantitative estimate of drug-likeness (QED) is 0.872. The number of methoxy groups -OCH3 is 1. The van der Waals surface area contributed by atoms with E-state index < -0.39 is 0 Å². The van der Waals surface area contributed by atoms with Crippen molar-refractivity contribution >= 4 is 17.3 Å². The van der Waals surface area contributed by atoms with E-state index in [4.69, 9.17) is 16.3 Å². The van der Waals surface area contributed by atoms with Crippen LogP contribution >= 0.6 is 11.6 Å². The molecule has 2 atom stereocenters. The minimum atomic E-state index is -0.286. The summed E-state index contributed by atoms with van der Waals surface area (Å²) in [6.07, 6.45) is 3.81. The maximum Gasteiger partial charge on any atom is 0.121 e. The third-order valence-corrected chi connectivity index (χ3v) is 3.57. The number of benzene rings is 1. The molecule has 0 amide bonds. The van der Waals surface area contributed by atoms with Gasteiger partial charge >= 0.3 is 0 Å². The van der Waals surface area contributed by atoms with Crippen molar-refractivity contribution in [2.24, 2.45) is 0 Å². The van der Waals surface area contributed by atoms with Crippen LogP contribution in [0.15, 0.2) is 18.2 Å². The van der Waals surface area contributed by atoms with E-state index in [0.29, 0.717) is 5.02 Å². The number of rotatable bonds is 3. The Balaban J connectivity index is 2.11. The van der Waals surface area contributed by atoms with Crippen molar-refractivity contribution in [3.8, 4) is 5.75 Å². The molecule has 0 aromatic heterocycles. The fourth-order valence-corrected chi connectivity index (χ4v) is 2.39. The fraction of sp³-hybridized carbons (Fsp3) is 0.538. The Bertz CT molecular complexity index is 384. The first kappa shape index (κ1) is 12.5. The van der Waals surface area contributed by atoms with Crippen LogP contribution in [-0.4, -0.2) is 24.4 Å². The van der Waals surface area contributed by atoms with E-state index in [1.54, 1.807) is 13.2 Å². The molecule has 1 aliphatic carbocycles. The first-order chi connectivity index (χ1) is 8.20. The third kappa shape index (κ3) is 3.05. The predicted molar refractivity (Wildman–Crippen MR) is 69.9 cm³/mol. The van der Waals surface area contributed by atoms with Gasteiger partial charge in [-0.2, -0.15) is 0 Å². The highest BCUT2D eigenvalue weighted by molar-refractivity contribution is 6.33. The van der Waals surface area contributed by atoms with Gasteiger partial charge in [0.25, 0.3) is 0 Å². The summed E-state index contributed by atoms with van der Waals surface area (Å²) in [7, 11) is 1.63. The average molecular weight is 256 g/mol. The molecule has 0 spiro atoms. The molecular formula is C13H18ClNO2. The second kappa shape index (κ2) is 5.61. The summed E-state index contributed by atoms with van der Waals surface area (Å²) in [5.41, 5.74) is 0.831. The number of ether oxygens (including phenoxy) is 1. The standard InChI is InChI=1S/C13H18ClNO2/c1-17-9-6-7-10(14)12(8-9)15-11-4-2-3-5-13(11)16/h6-8,11,13,15-16H,2-5H2,1H3/t11-,13-/m1/s1. The van der Waals surface area contributed by atoms with E-state index in [1.165, 1.54) is 0 Å². The molecule has 1 aromatic carbocycles. The summed E-state index contributed by atoms with van der Waals surface area (Å²) < 4.78 is 5.16. The molecule has 0 heterocycles. The molecule has 1 aliphatic rings. The van der Waals surface area contributed by atoms with Crippen molar-refractivity contribution in [2.75, 3.05) is 12.4 Å². The van der Waals surface area contributed by atoms with Crippen molar-refractivity contribution in [3.05, 3.63) is 23.2 Å². The van der Waals surface area contributed by atoms with Gasteiger partial charge in [-0.1, -0.05) is 24.4 Å². The number of aliphatic hydroxyl groups is 1. The molecular weight excluding hydrogens is 238 g/mol. The fourth-order valence-electron chi connectivity index (χ4n) is 2.22. The lowest BCUT2D eigenvalue weighted by molar-refractivity contribution is 0.116. The Labute approximate surface area is 107 Å². The molecule has 4 heteroatoms. The highest BCUT2D eigenvalue weighted by Gasteiger charge is 2.23. The van der Waals surface area contributed by atoms with Crippen LogP contribution < -0.4 is 10.1 Å². The minimum Gasteiger partial charge on any atom is -0.497 e. The topological polar surface area (TPSA) is 41.5 Å². The Kier molecular flexibility index (Phi) is 4.13. The first-order valence-electron chi connectivity index (χ1n) is 5.99. The molecule has 2 N–H and O–H groups in total. The molecule has 17 heavy (non-hydrogen) atoms. The normalized spacial score (nSPS) is 24.4. The highest BCUT2D eigenvalue weighted by Crippen LogP contribution is 2.30. The second-order valence-electron chi connectivity index (χ2n) is 4.45. The van der Waals surface area contributed by atoms with Gasteiger partial charge in [0.05, 0.1) is 30.0 Å².